The lowest BCUT2D eigenvalue weighted by Gasteiger charge is -2.33. The summed E-state index contributed by atoms with van der Waals surface area (Å²) in [4.78, 5) is 1.35. The fourth-order valence-corrected chi connectivity index (χ4v) is 4.14. The van der Waals surface area contributed by atoms with Crippen molar-refractivity contribution in [2.45, 2.75) is 50.7 Å². The van der Waals surface area contributed by atoms with Crippen LogP contribution in [0.2, 0.25) is 0 Å². The highest BCUT2D eigenvalue weighted by atomic mass is 32.1. The Morgan fingerprint density at radius 3 is 2.75 bits per heavy atom. The molecule has 2 nitrogen and oxygen atoms in total. The first-order valence-corrected chi connectivity index (χ1v) is 8.42. The molecule has 0 bridgehead atoms. The lowest BCUT2D eigenvalue weighted by atomic mass is 9.85. The van der Waals surface area contributed by atoms with Gasteiger partial charge in [0.25, 0.3) is 0 Å². The summed E-state index contributed by atoms with van der Waals surface area (Å²) in [7, 11) is 0. The Balaban J connectivity index is 1.65. The summed E-state index contributed by atoms with van der Waals surface area (Å²) >= 11 is 1.85. The van der Waals surface area contributed by atoms with Gasteiger partial charge in [-0.3, -0.25) is 0 Å². The second kappa shape index (κ2) is 5.84. The Morgan fingerprint density at radius 2 is 2.00 bits per heavy atom. The zero-order chi connectivity index (χ0) is 14.0. The smallest absolute Gasteiger partial charge is 0.0771 e. The van der Waals surface area contributed by atoms with E-state index in [-0.39, 0.29) is 0 Å². The molecule has 1 aromatic carbocycles. The lowest BCUT2D eigenvalue weighted by Crippen LogP contribution is -2.42. The van der Waals surface area contributed by atoms with Crippen molar-refractivity contribution in [3.05, 3.63) is 35.2 Å². The van der Waals surface area contributed by atoms with Crippen molar-refractivity contribution in [2.24, 2.45) is 0 Å². The summed E-state index contributed by atoms with van der Waals surface area (Å²) < 4.78 is 1.34. The fraction of sp³-hybridized carbons (Fsp3) is 0.529. The maximum Gasteiger partial charge on any atom is 0.0771 e. The van der Waals surface area contributed by atoms with E-state index in [1.165, 1.54) is 21.4 Å². The molecule has 1 aliphatic rings. The Morgan fingerprint density at radius 1 is 1.25 bits per heavy atom. The molecule has 108 valence electrons. The number of fused-ring (bicyclic) bond motifs is 1. The third-order valence-electron chi connectivity index (χ3n) is 4.39. The average molecular weight is 289 g/mol. The lowest BCUT2D eigenvalue weighted by molar-refractivity contribution is 0.00308. The number of thiophene rings is 1. The van der Waals surface area contributed by atoms with Gasteiger partial charge < -0.3 is 10.4 Å². The largest absolute Gasteiger partial charge is 0.389 e. The Hall–Kier alpha value is -0.900. The van der Waals surface area contributed by atoms with Gasteiger partial charge in [-0.1, -0.05) is 37.5 Å². The number of aliphatic hydroxyl groups is 1. The van der Waals surface area contributed by atoms with Crippen LogP contribution in [-0.2, 0) is 0 Å². The van der Waals surface area contributed by atoms with E-state index in [9.17, 15) is 5.11 Å². The number of hydrogen-bond donors (Lipinski definition) is 2. The minimum Gasteiger partial charge on any atom is -0.389 e. The van der Waals surface area contributed by atoms with Gasteiger partial charge in [-0.2, -0.15) is 0 Å². The highest BCUT2D eigenvalue weighted by molar-refractivity contribution is 7.19. The van der Waals surface area contributed by atoms with E-state index in [0.717, 1.165) is 25.7 Å². The minimum atomic E-state index is -0.483. The SMILES string of the molecule is CC(NCC1(O)CCCCC1)c1cc2ccccc2s1. The molecule has 1 atom stereocenters. The zero-order valence-electron chi connectivity index (χ0n) is 12.1. The summed E-state index contributed by atoms with van der Waals surface area (Å²) in [5, 5.41) is 15.4. The highest BCUT2D eigenvalue weighted by Crippen LogP contribution is 2.31. The van der Waals surface area contributed by atoms with E-state index in [4.69, 9.17) is 0 Å². The molecule has 0 saturated heterocycles. The molecule has 1 saturated carbocycles. The number of rotatable bonds is 4. The van der Waals surface area contributed by atoms with Crippen LogP contribution in [0.1, 0.15) is 49.9 Å². The van der Waals surface area contributed by atoms with Crippen LogP contribution in [0, 0.1) is 0 Å². The average Bonchev–Trinajstić information content (AvgIpc) is 2.89. The molecule has 1 aromatic heterocycles. The van der Waals surface area contributed by atoms with Gasteiger partial charge in [-0.15, -0.1) is 11.3 Å². The molecule has 3 rings (SSSR count). The van der Waals surface area contributed by atoms with Crippen molar-refractivity contribution in [1.29, 1.82) is 0 Å². The molecule has 1 heterocycles. The molecule has 2 N–H and O–H groups in total. The summed E-state index contributed by atoms with van der Waals surface area (Å²) in [5.74, 6) is 0. The Kier molecular flexibility index (Phi) is 4.11. The summed E-state index contributed by atoms with van der Waals surface area (Å²) in [6.45, 7) is 2.90. The first kappa shape index (κ1) is 14.1. The highest BCUT2D eigenvalue weighted by Gasteiger charge is 2.29. The molecule has 0 radical (unpaired) electrons. The monoisotopic (exact) mass is 289 g/mol. The van der Waals surface area contributed by atoms with Crippen molar-refractivity contribution in [3.63, 3.8) is 0 Å². The van der Waals surface area contributed by atoms with Crippen molar-refractivity contribution in [3.8, 4) is 0 Å². The van der Waals surface area contributed by atoms with Crippen LogP contribution < -0.4 is 5.32 Å². The van der Waals surface area contributed by atoms with Crippen LogP contribution in [0.3, 0.4) is 0 Å². The van der Waals surface area contributed by atoms with E-state index in [1.807, 2.05) is 11.3 Å². The molecule has 2 aromatic rings. The number of hydrogen-bond acceptors (Lipinski definition) is 3. The normalized spacial score (nSPS) is 20.1. The molecule has 0 aliphatic heterocycles. The maximum atomic E-state index is 10.5. The van der Waals surface area contributed by atoms with Crippen molar-refractivity contribution in [2.75, 3.05) is 6.54 Å². The number of benzene rings is 1. The quantitative estimate of drug-likeness (QED) is 0.882. The van der Waals surface area contributed by atoms with Crippen molar-refractivity contribution in [1.82, 2.24) is 5.32 Å². The van der Waals surface area contributed by atoms with Gasteiger partial charge >= 0.3 is 0 Å². The predicted octanol–water partition coefficient (Wildman–Crippen LogP) is 4.25. The van der Waals surface area contributed by atoms with E-state index >= 15 is 0 Å². The molecule has 0 amide bonds. The van der Waals surface area contributed by atoms with E-state index < -0.39 is 5.60 Å². The van der Waals surface area contributed by atoms with Crippen LogP contribution in [0.15, 0.2) is 30.3 Å². The van der Waals surface area contributed by atoms with Gasteiger partial charge in [-0.05, 0) is 37.3 Å². The minimum absolute atomic E-state index is 0.304. The molecule has 1 aliphatic carbocycles. The van der Waals surface area contributed by atoms with Gasteiger partial charge in [0.05, 0.1) is 5.60 Å². The summed E-state index contributed by atoms with van der Waals surface area (Å²) in [6.07, 6.45) is 5.48. The van der Waals surface area contributed by atoms with Crippen LogP contribution >= 0.6 is 11.3 Å². The first-order valence-electron chi connectivity index (χ1n) is 7.61. The zero-order valence-corrected chi connectivity index (χ0v) is 12.9. The molecule has 1 fully saturated rings. The molecular formula is C17H23NOS. The van der Waals surface area contributed by atoms with Gasteiger partial charge in [0.15, 0.2) is 0 Å². The fourth-order valence-electron chi connectivity index (χ4n) is 3.05. The van der Waals surface area contributed by atoms with Crippen LogP contribution in [-0.4, -0.2) is 17.3 Å². The Bertz CT molecular complexity index is 538. The molecular weight excluding hydrogens is 266 g/mol. The second-order valence-electron chi connectivity index (χ2n) is 6.07. The maximum absolute atomic E-state index is 10.5. The standard InChI is InChI=1S/C17H23NOS/c1-13(18-12-17(19)9-5-2-6-10-17)16-11-14-7-3-4-8-15(14)20-16/h3-4,7-8,11,13,18-19H,2,5-6,9-10,12H2,1H3. The van der Waals surface area contributed by atoms with Crippen LogP contribution in [0.5, 0.6) is 0 Å². The predicted molar refractivity (Wildman–Crippen MR) is 86.3 cm³/mol. The molecule has 0 spiro atoms. The third kappa shape index (κ3) is 3.05. The number of nitrogens with one attached hydrogen (secondary N) is 1. The van der Waals surface area contributed by atoms with Gasteiger partial charge in [0, 0.05) is 22.2 Å². The topological polar surface area (TPSA) is 32.3 Å². The van der Waals surface area contributed by atoms with E-state index in [1.54, 1.807) is 0 Å². The van der Waals surface area contributed by atoms with Crippen molar-refractivity contribution >= 4 is 21.4 Å². The van der Waals surface area contributed by atoms with Crippen LogP contribution in [0.4, 0.5) is 0 Å². The van der Waals surface area contributed by atoms with Gasteiger partial charge in [0.2, 0.25) is 0 Å². The first-order chi connectivity index (χ1) is 9.66. The summed E-state index contributed by atoms with van der Waals surface area (Å²) in [6, 6.07) is 11.1. The molecule has 20 heavy (non-hydrogen) atoms. The van der Waals surface area contributed by atoms with Crippen molar-refractivity contribution < 1.29 is 5.11 Å². The Labute approximate surface area is 124 Å². The van der Waals surface area contributed by atoms with Gasteiger partial charge in [0.1, 0.15) is 0 Å². The summed E-state index contributed by atoms with van der Waals surface area (Å²) in [5.41, 5.74) is -0.483. The second-order valence-corrected chi connectivity index (χ2v) is 7.19. The van der Waals surface area contributed by atoms with E-state index in [2.05, 4.69) is 42.6 Å². The van der Waals surface area contributed by atoms with Crippen LogP contribution in [0.25, 0.3) is 10.1 Å². The molecule has 3 heteroatoms. The van der Waals surface area contributed by atoms with E-state index in [0.29, 0.717) is 12.6 Å². The third-order valence-corrected chi connectivity index (χ3v) is 5.69. The molecule has 1 unspecified atom stereocenters. The van der Waals surface area contributed by atoms with Gasteiger partial charge in [-0.25, -0.2) is 0 Å².